The number of nitrogens with zero attached hydrogens (tertiary/aromatic N) is 1. The Labute approximate surface area is 221 Å². The molecule has 5 nitrogen and oxygen atoms in total. The second kappa shape index (κ2) is 9.70. The lowest BCUT2D eigenvalue weighted by Gasteiger charge is -2.31. The molecule has 0 spiro atoms. The molecule has 1 N–H and O–H groups in total. The summed E-state index contributed by atoms with van der Waals surface area (Å²) in [5, 5.41) is 9.15. The van der Waals surface area contributed by atoms with Gasteiger partial charge in [-0.15, -0.1) is 0 Å². The van der Waals surface area contributed by atoms with Crippen molar-refractivity contribution in [2.75, 3.05) is 13.2 Å². The molecule has 0 bridgehead atoms. The Kier molecular flexibility index (Phi) is 6.34. The van der Waals surface area contributed by atoms with E-state index in [0.29, 0.717) is 37.5 Å². The Balaban J connectivity index is 1.25. The summed E-state index contributed by atoms with van der Waals surface area (Å²) >= 11 is 0. The van der Waals surface area contributed by atoms with Gasteiger partial charge < -0.3 is 14.6 Å². The zero-order chi connectivity index (χ0) is 26.4. The number of carboxylic acids is 1. The number of hydrogen-bond donors (Lipinski definition) is 1. The number of carboxylic acid groups (broad SMARTS) is 1. The van der Waals surface area contributed by atoms with Gasteiger partial charge in [-0.2, -0.15) is 0 Å². The molecule has 0 aromatic heterocycles. The molecule has 0 saturated heterocycles. The van der Waals surface area contributed by atoms with Crippen molar-refractivity contribution in [3.63, 3.8) is 0 Å². The fourth-order valence-electron chi connectivity index (χ4n) is 6.24. The zero-order valence-electron chi connectivity index (χ0n) is 21.4. The van der Waals surface area contributed by atoms with Crippen molar-refractivity contribution in [3.8, 4) is 11.5 Å². The van der Waals surface area contributed by atoms with Crippen LogP contribution in [0.5, 0.6) is 11.5 Å². The third-order valence-corrected chi connectivity index (χ3v) is 8.10. The second-order valence-corrected chi connectivity index (χ2v) is 10.7. The Hall–Kier alpha value is -3.45. The molecule has 2 aliphatic heterocycles. The average Bonchev–Trinajstić information content (AvgIpc) is 3.47. The summed E-state index contributed by atoms with van der Waals surface area (Å²) < 4.78 is 41.6. The van der Waals surface area contributed by atoms with E-state index in [1.807, 2.05) is 30.3 Å². The van der Waals surface area contributed by atoms with Gasteiger partial charge in [0.2, 0.25) is 0 Å². The topological polar surface area (TPSA) is 59.0 Å². The van der Waals surface area contributed by atoms with Crippen LogP contribution >= 0.6 is 0 Å². The molecule has 0 fully saturated rings. The molecule has 7 heteroatoms. The minimum absolute atomic E-state index is 0.0268. The van der Waals surface area contributed by atoms with Crippen LogP contribution in [0.25, 0.3) is 0 Å². The molecule has 2 heterocycles. The quantitative estimate of drug-likeness (QED) is 0.393. The molecule has 3 aliphatic rings. The van der Waals surface area contributed by atoms with Crippen molar-refractivity contribution in [1.82, 2.24) is 4.90 Å². The van der Waals surface area contributed by atoms with Gasteiger partial charge in [-0.25, -0.2) is 8.78 Å². The van der Waals surface area contributed by atoms with Crippen LogP contribution in [0, 0.1) is 0 Å². The van der Waals surface area contributed by atoms with Crippen LogP contribution in [-0.4, -0.2) is 29.1 Å². The van der Waals surface area contributed by atoms with Crippen LogP contribution in [-0.2, 0) is 36.6 Å². The maximum absolute atomic E-state index is 14.8. The minimum Gasteiger partial charge on any atom is -0.492 e. The summed E-state index contributed by atoms with van der Waals surface area (Å²) in [6, 6.07) is 17.3. The van der Waals surface area contributed by atoms with Crippen LogP contribution in [0.2, 0.25) is 0 Å². The van der Waals surface area contributed by atoms with E-state index in [9.17, 15) is 13.6 Å². The molecule has 38 heavy (non-hydrogen) atoms. The Bertz CT molecular complexity index is 1380. The summed E-state index contributed by atoms with van der Waals surface area (Å²) in [7, 11) is 0. The first-order valence-electron chi connectivity index (χ1n) is 13.2. The average molecular weight is 520 g/mol. The predicted molar refractivity (Wildman–Crippen MR) is 139 cm³/mol. The van der Waals surface area contributed by atoms with E-state index in [-0.39, 0.29) is 24.0 Å². The van der Waals surface area contributed by atoms with Gasteiger partial charge in [0.25, 0.3) is 5.92 Å². The molecule has 3 aromatic carbocycles. The molecule has 198 valence electrons. The van der Waals surface area contributed by atoms with E-state index in [4.69, 9.17) is 14.6 Å². The van der Waals surface area contributed by atoms with Gasteiger partial charge in [-0.1, -0.05) is 42.5 Å². The fourth-order valence-corrected chi connectivity index (χ4v) is 6.24. The van der Waals surface area contributed by atoms with Crippen molar-refractivity contribution < 1.29 is 28.2 Å². The van der Waals surface area contributed by atoms with E-state index < -0.39 is 11.9 Å². The molecular formula is C31H31F2NO4. The van der Waals surface area contributed by atoms with E-state index in [1.54, 1.807) is 6.07 Å². The van der Waals surface area contributed by atoms with Crippen LogP contribution < -0.4 is 9.47 Å². The molecule has 1 unspecified atom stereocenters. The first kappa shape index (κ1) is 24.9. The highest BCUT2D eigenvalue weighted by atomic mass is 19.3. The number of halogens is 2. The first-order valence-corrected chi connectivity index (χ1v) is 13.2. The van der Waals surface area contributed by atoms with Gasteiger partial charge >= 0.3 is 5.97 Å². The van der Waals surface area contributed by atoms with Gasteiger partial charge in [0.1, 0.15) is 17.6 Å². The van der Waals surface area contributed by atoms with Crippen LogP contribution in [0.4, 0.5) is 8.78 Å². The first-order chi connectivity index (χ1) is 18.3. The van der Waals surface area contributed by atoms with E-state index >= 15 is 0 Å². The number of fused-ring (bicyclic) bond motifs is 3. The number of rotatable bonds is 7. The van der Waals surface area contributed by atoms with Crippen LogP contribution in [0.1, 0.15) is 70.7 Å². The number of hydrogen-bond acceptors (Lipinski definition) is 4. The summed E-state index contributed by atoms with van der Waals surface area (Å²) in [5.74, 6) is -2.66. The van der Waals surface area contributed by atoms with Gasteiger partial charge in [0.05, 0.1) is 13.0 Å². The van der Waals surface area contributed by atoms with Crippen molar-refractivity contribution in [1.29, 1.82) is 0 Å². The smallest absolute Gasteiger partial charge is 0.304 e. The molecule has 6 rings (SSSR count). The highest BCUT2D eigenvalue weighted by molar-refractivity contribution is 5.68. The largest absolute Gasteiger partial charge is 0.492 e. The maximum Gasteiger partial charge on any atom is 0.304 e. The monoisotopic (exact) mass is 519 g/mol. The standard InChI is InChI=1S/C31H31F2NO4/c1-31(32,33)27-10-8-25-24(26(27)17-34-13-12-19-4-2-3-5-20(19)16-34)9-11-28(25)38-22-6-7-23-21(14-30(35)36)18-37-29(23)15-22/h2-8,10,15,21,28H,9,11-14,16-18H2,1H3,(H,35,36)/t21-,28?/m1/s1. The highest BCUT2D eigenvalue weighted by Crippen LogP contribution is 2.44. The summed E-state index contributed by atoms with van der Waals surface area (Å²) in [5.41, 5.74) is 6.26. The third kappa shape index (κ3) is 4.75. The maximum atomic E-state index is 14.8. The van der Waals surface area contributed by atoms with Gasteiger partial charge in [0.15, 0.2) is 0 Å². The van der Waals surface area contributed by atoms with E-state index in [0.717, 1.165) is 48.7 Å². The molecule has 2 atom stereocenters. The predicted octanol–water partition coefficient (Wildman–Crippen LogP) is 6.37. The lowest BCUT2D eigenvalue weighted by atomic mass is 9.92. The van der Waals surface area contributed by atoms with Crippen molar-refractivity contribution in [3.05, 3.63) is 93.5 Å². The van der Waals surface area contributed by atoms with Gasteiger partial charge in [-0.3, -0.25) is 9.69 Å². The Morgan fingerprint density at radius 1 is 1.11 bits per heavy atom. The lowest BCUT2D eigenvalue weighted by Crippen LogP contribution is -2.31. The number of benzene rings is 3. The summed E-state index contributed by atoms with van der Waals surface area (Å²) in [6.45, 7) is 3.41. The number of alkyl halides is 2. The van der Waals surface area contributed by atoms with E-state index in [1.165, 1.54) is 11.1 Å². The number of carbonyl (C=O) groups is 1. The summed E-state index contributed by atoms with van der Waals surface area (Å²) in [4.78, 5) is 13.4. The normalized spacial score (nSPS) is 20.4. The summed E-state index contributed by atoms with van der Waals surface area (Å²) in [6.07, 6.45) is 2.11. The fraction of sp³-hybridized carbons (Fsp3) is 0.387. The molecule has 0 saturated carbocycles. The van der Waals surface area contributed by atoms with Gasteiger partial charge in [0, 0.05) is 49.7 Å². The molecule has 1 aliphatic carbocycles. The van der Waals surface area contributed by atoms with Crippen molar-refractivity contribution >= 4 is 5.97 Å². The van der Waals surface area contributed by atoms with E-state index in [2.05, 4.69) is 23.1 Å². The molecule has 3 aromatic rings. The van der Waals surface area contributed by atoms with Crippen LogP contribution in [0.3, 0.4) is 0 Å². The Morgan fingerprint density at radius 2 is 1.89 bits per heavy atom. The SMILES string of the molecule is CC(F)(F)c1ccc2c(c1CN1CCc3ccccc3C1)CCC2Oc1ccc2c(c1)OC[C@H]2CC(=O)O. The lowest BCUT2D eigenvalue weighted by molar-refractivity contribution is -0.137. The van der Waals surface area contributed by atoms with Crippen molar-refractivity contribution in [2.45, 2.75) is 63.6 Å². The Morgan fingerprint density at radius 3 is 2.68 bits per heavy atom. The van der Waals surface area contributed by atoms with Gasteiger partial charge in [-0.05, 0) is 53.1 Å². The zero-order valence-corrected chi connectivity index (χ0v) is 21.4. The van der Waals surface area contributed by atoms with Crippen molar-refractivity contribution in [2.24, 2.45) is 0 Å². The molecular weight excluding hydrogens is 488 g/mol. The highest BCUT2D eigenvalue weighted by Gasteiger charge is 2.35. The second-order valence-electron chi connectivity index (χ2n) is 10.7. The number of ether oxygens (including phenoxy) is 2. The molecule has 0 radical (unpaired) electrons. The minimum atomic E-state index is -2.93. The molecule has 0 amide bonds. The van der Waals surface area contributed by atoms with Crippen LogP contribution in [0.15, 0.2) is 54.6 Å². The third-order valence-electron chi connectivity index (χ3n) is 8.10. The number of aliphatic carboxylic acids is 1.